The number of allylic oxidation sites excluding steroid dienone is 1. The van der Waals surface area contributed by atoms with Crippen molar-refractivity contribution in [1.82, 2.24) is 9.88 Å². The molecule has 1 N–H and O–H groups in total. The fourth-order valence-corrected chi connectivity index (χ4v) is 4.73. The topological polar surface area (TPSA) is 54.6 Å². The van der Waals surface area contributed by atoms with Gasteiger partial charge >= 0.3 is 5.97 Å². The molecule has 3 fully saturated rings. The third-order valence-electron chi connectivity index (χ3n) is 5.94. The summed E-state index contributed by atoms with van der Waals surface area (Å²) in [4.78, 5) is 18.4. The minimum Gasteiger partial charge on any atom is -0.497 e. The molecule has 3 atom stereocenters. The number of methoxy groups -OCH3 is 1. The first-order valence-electron chi connectivity index (χ1n) is 9.04. The fourth-order valence-electron chi connectivity index (χ4n) is 4.73. The van der Waals surface area contributed by atoms with Crippen LogP contribution in [0.1, 0.15) is 36.0 Å². The number of benzene rings is 1. The Morgan fingerprint density at radius 3 is 3.04 bits per heavy atom. The zero-order valence-corrected chi connectivity index (χ0v) is 14.3. The van der Waals surface area contributed by atoms with Crippen LogP contribution in [-0.4, -0.2) is 41.7 Å². The third-order valence-corrected chi connectivity index (χ3v) is 5.94. The first kappa shape index (κ1) is 14.9. The molecule has 1 aromatic heterocycles. The summed E-state index contributed by atoms with van der Waals surface area (Å²) in [7, 11) is 1.63. The first-order chi connectivity index (χ1) is 12.2. The number of hydrogen-bond acceptors (Lipinski definition) is 4. The number of carbonyl (C=O) groups is 1. The Morgan fingerprint density at radius 1 is 1.32 bits per heavy atom. The van der Waals surface area contributed by atoms with E-state index in [0.29, 0.717) is 11.6 Å². The van der Waals surface area contributed by atoms with Gasteiger partial charge in [0.05, 0.1) is 12.7 Å². The Kier molecular flexibility index (Phi) is 3.30. The molecule has 3 unspecified atom stereocenters. The molecule has 5 heterocycles. The van der Waals surface area contributed by atoms with Crippen LogP contribution < -0.4 is 4.74 Å². The highest BCUT2D eigenvalue weighted by Crippen LogP contribution is 2.43. The van der Waals surface area contributed by atoms with Crippen molar-refractivity contribution < 1.29 is 14.3 Å². The summed E-state index contributed by atoms with van der Waals surface area (Å²) in [6.07, 6.45) is 8.42. The van der Waals surface area contributed by atoms with Crippen molar-refractivity contribution in [1.29, 1.82) is 0 Å². The molecular weight excluding hydrogens is 316 g/mol. The number of H-pyrrole nitrogens is 1. The molecule has 0 spiro atoms. The number of nitrogens with one attached hydrogen (secondary N) is 1. The molecule has 0 aliphatic carbocycles. The Labute approximate surface area is 146 Å². The second kappa shape index (κ2) is 5.55. The predicted octanol–water partition coefficient (Wildman–Crippen LogP) is 3.47. The van der Waals surface area contributed by atoms with E-state index in [1.54, 1.807) is 13.3 Å². The van der Waals surface area contributed by atoms with Crippen molar-refractivity contribution >= 4 is 16.9 Å². The molecule has 0 amide bonds. The molecule has 5 nitrogen and oxygen atoms in total. The predicted molar refractivity (Wildman–Crippen MR) is 94.6 cm³/mol. The average Bonchev–Trinajstić information content (AvgIpc) is 3.04. The highest BCUT2D eigenvalue weighted by molar-refractivity contribution is 6.04. The summed E-state index contributed by atoms with van der Waals surface area (Å²) in [5, 5.41) is 0.843. The fraction of sp³-hybridized carbons (Fsp3) is 0.450. The number of hydrogen-bond donors (Lipinski definition) is 1. The minimum atomic E-state index is -0.263. The maximum atomic E-state index is 12.7. The lowest BCUT2D eigenvalue weighted by molar-refractivity contribution is 0.00934. The summed E-state index contributed by atoms with van der Waals surface area (Å²) in [6.45, 7) is 1.17. The Bertz CT molecular complexity index is 869. The summed E-state index contributed by atoms with van der Waals surface area (Å²) in [5.74, 6) is 1.31. The van der Waals surface area contributed by atoms with Gasteiger partial charge in [0.25, 0.3) is 0 Å². The molecule has 6 rings (SSSR count). The minimum absolute atomic E-state index is 0.113. The number of carbonyl (C=O) groups excluding carboxylic acids is 1. The van der Waals surface area contributed by atoms with E-state index < -0.39 is 0 Å². The van der Waals surface area contributed by atoms with Crippen LogP contribution in [0, 0.1) is 5.92 Å². The number of ether oxygens (including phenoxy) is 2. The van der Waals surface area contributed by atoms with Gasteiger partial charge in [-0.1, -0.05) is 0 Å². The van der Waals surface area contributed by atoms with Crippen LogP contribution in [-0.2, 0) is 4.74 Å². The van der Waals surface area contributed by atoms with E-state index in [2.05, 4.69) is 16.0 Å². The maximum Gasteiger partial charge on any atom is 0.340 e. The molecule has 2 aromatic rings. The average molecular weight is 338 g/mol. The largest absolute Gasteiger partial charge is 0.497 e. The second-order valence-corrected chi connectivity index (χ2v) is 7.39. The highest BCUT2D eigenvalue weighted by atomic mass is 16.5. The third kappa shape index (κ3) is 2.41. The van der Waals surface area contributed by atoms with E-state index in [1.807, 2.05) is 18.2 Å². The van der Waals surface area contributed by atoms with Crippen LogP contribution in [0.25, 0.3) is 10.9 Å². The van der Waals surface area contributed by atoms with E-state index in [0.717, 1.165) is 35.4 Å². The molecule has 1 aromatic carbocycles. The van der Waals surface area contributed by atoms with Crippen LogP contribution in [0.5, 0.6) is 5.75 Å². The van der Waals surface area contributed by atoms with E-state index in [9.17, 15) is 4.79 Å². The summed E-state index contributed by atoms with van der Waals surface area (Å²) in [5.41, 5.74) is 2.87. The van der Waals surface area contributed by atoms with Gasteiger partial charge < -0.3 is 19.4 Å². The Morgan fingerprint density at radius 2 is 2.24 bits per heavy atom. The zero-order chi connectivity index (χ0) is 17.0. The molecule has 130 valence electrons. The van der Waals surface area contributed by atoms with Gasteiger partial charge in [0.15, 0.2) is 0 Å². The molecule has 0 radical (unpaired) electrons. The number of nitrogens with zero attached hydrogens (tertiary/aromatic N) is 1. The molecule has 4 aliphatic rings. The number of aromatic amines is 1. The lowest BCUT2D eigenvalue weighted by Gasteiger charge is -2.51. The molecule has 4 aliphatic heterocycles. The summed E-state index contributed by atoms with van der Waals surface area (Å²) >= 11 is 0. The number of rotatable bonds is 3. The SMILES string of the molecule is COc1ccc2[nH]cc(C(=O)OC3C=C4CC5CCN4C(C5)C3)c2c1. The smallest absolute Gasteiger partial charge is 0.340 e. The van der Waals surface area contributed by atoms with Crippen LogP contribution in [0.4, 0.5) is 0 Å². The zero-order valence-electron chi connectivity index (χ0n) is 14.3. The van der Waals surface area contributed by atoms with Gasteiger partial charge in [-0.3, -0.25) is 0 Å². The first-order valence-corrected chi connectivity index (χ1v) is 9.04. The van der Waals surface area contributed by atoms with E-state index in [-0.39, 0.29) is 12.1 Å². The van der Waals surface area contributed by atoms with Gasteiger partial charge in [0, 0.05) is 41.8 Å². The number of piperidine rings is 3. The number of aromatic nitrogens is 1. The molecule has 5 heteroatoms. The van der Waals surface area contributed by atoms with Crippen LogP contribution in [0.2, 0.25) is 0 Å². The normalized spacial score (nSPS) is 27.3. The standard InChI is InChI=1S/C20H22N2O3/c1-24-15-2-3-19-17(10-15)18(11-21-19)20(23)25-16-8-13-6-12-4-5-22(13)14(7-12)9-16/h2-3,8,10-12,14,16,21H,4-7,9H2,1H3. The van der Waals surface area contributed by atoms with Gasteiger partial charge in [-0.25, -0.2) is 4.79 Å². The van der Waals surface area contributed by atoms with Crippen LogP contribution in [0.3, 0.4) is 0 Å². The molecule has 25 heavy (non-hydrogen) atoms. The van der Waals surface area contributed by atoms with E-state index >= 15 is 0 Å². The van der Waals surface area contributed by atoms with E-state index in [4.69, 9.17) is 9.47 Å². The van der Waals surface area contributed by atoms with Crippen LogP contribution in [0.15, 0.2) is 36.2 Å². The molecule has 4 bridgehead atoms. The van der Waals surface area contributed by atoms with Crippen molar-refractivity contribution in [2.45, 2.75) is 37.8 Å². The van der Waals surface area contributed by atoms with Gasteiger partial charge in [0.1, 0.15) is 11.9 Å². The Hall–Kier alpha value is -2.43. The van der Waals surface area contributed by atoms with Crippen molar-refractivity contribution in [3.05, 3.63) is 41.7 Å². The monoisotopic (exact) mass is 338 g/mol. The molecule has 0 saturated carbocycles. The second-order valence-electron chi connectivity index (χ2n) is 7.39. The summed E-state index contributed by atoms with van der Waals surface area (Å²) < 4.78 is 11.1. The lowest BCUT2D eigenvalue weighted by Crippen LogP contribution is -2.51. The summed E-state index contributed by atoms with van der Waals surface area (Å²) in [6, 6.07) is 6.22. The van der Waals surface area contributed by atoms with Crippen molar-refractivity contribution in [3.8, 4) is 5.75 Å². The van der Waals surface area contributed by atoms with Crippen molar-refractivity contribution in [2.24, 2.45) is 5.92 Å². The maximum absolute atomic E-state index is 12.7. The number of fused-ring (bicyclic) bond motifs is 2. The molecular formula is C20H22N2O3. The van der Waals surface area contributed by atoms with Crippen molar-refractivity contribution in [2.75, 3.05) is 13.7 Å². The number of esters is 1. The highest BCUT2D eigenvalue weighted by Gasteiger charge is 2.41. The quantitative estimate of drug-likeness (QED) is 0.871. The van der Waals surface area contributed by atoms with Crippen molar-refractivity contribution in [3.63, 3.8) is 0 Å². The Balaban J connectivity index is 1.39. The van der Waals surface area contributed by atoms with Crippen LogP contribution >= 0.6 is 0 Å². The van der Waals surface area contributed by atoms with Gasteiger partial charge in [-0.2, -0.15) is 0 Å². The van der Waals surface area contributed by atoms with Gasteiger partial charge in [-0.15, -0.1) is 0 Å². The van der Waals surface area contributed by atoms with E-state index in [1.165, 1.54) is 25.1 Å². The van der Waals surface area contributed by atoms with Gasteiger partial charge in [0.2, 0.25) is 0 Å². The molecule has 3 saturated heterocycles. The van der Waals surface area contributed by atoms with Gasteiger partial charge in [-0.05, 0) is 49.5 Å². The lowest BCUT2D eigenvalue weighted by atomic mass is 9.76.